The van der Waals surface area contributed by atoms with Crippen molar-refractivity contribution >= 4 is 0 Å². The lowest BCUT2D eigenvalue weighted by Crippen LogP contribution is -2.40. The van der Waals surface area contributed by atoms with E-state index < -0.39 is 5.79 Å². The van der Waals surface area contributed by atoms with Crippen LogP contribution < -0.4 is 4.74 Å². The molecule has 0 aromatic heterocycles. The molecule has 0 radical (unpaired) electrons. The van der Waals surface area contributed by atoms with Crippen molar-refractivity contribution in [3.63, 3.8) is 0 Å². The van der Waals surface area contributed by atoms with Gasteiger partial charge in [0.1, 0.15) is 11.9 Å². The molecule has 1 heterocycles. The van der Waals surface area contributed by atoms with E-state index in [0.29, 0.717) is 6.42 Å². The average molecular weight is 208 g/mol. The first-order valence-electron chi connectivity index (χ1n) is 5.08. The van der Waals surface area contributed by atoms with Crippen molar-refractivity contribution in [1.29, 1.82) is 0 Å². The van der Waals surface area contributed by atoms with Crippen LogP contribution in [-0.4, -0.2) is 20.3 Å². The molecular weight excluding hydrogens is 192 g/mol. The molecule has 1 unspecified atom stereocenters. The molecule has 3 heteroatoms. The van der Waals surface area contributed by atoms with Crippen LogP contribution in [0.15, 0.2) is 24.3 Å². The van der Waals surface area contributed by atoms with Gasteiger partial charge in [0.15, 0.2) is 0 Å². The molecule has 0 bridgehead atoms. The Kier molecular flexibility index (Phi) is 2.67. The predicted octanol–water partition coefficient (Wildman–Crippen LogP) is 2.30. The molecule has 0 amide bonds. The normalized spacial score (nSPS) is 23.0. The van der Waals surface area contributed by atoms with Crippen molar-refractivity contribution in [2.24, 2.45) is 0 Å². The first-order chi connectivity index (χ1) is 7.22. The van der Waals surface area contributed by atoms with Gasteiger partial charge in [0.25, 0.3) is 0 Å². The van der Waals surface area contributed by atoms with Gasteiger partial charge in [-0.05, 0) is 19.1 Å². The van der Waals surface area contributed by atoms with Crippen LogP contribution in [0.4, 0.5) is 0 Å². The van der Waals surface area contributed by atoms with E-state index in [9.17, 15) is 0 Å². The second-order valence-corrected chi connectivity index (χ2v) is 3.79. The summed E-state index contributed by atoms with van der Waals surface area (Å²) < 4.78 is 16.8. The van der Waals surface area contributed by atoms with Crippen LogP contribution in [0, 0.1) is 0 Å². The predicted molar refractivity (Wildman–Crippen MR) is 56.8 cm³/mol. The summed E-state index contributed by atoms with van der Waals surface area (Å²) >= 11 is 0. The summed E-state index contributed by atoms with van der Waals surface area (Å²) in [7, 11) is 3.33. The van der Waals surface area contributed by atoms with Crippen molar-refractivity contribution in [1.82, 2.24) is 0 Å². The van der Waals surface area contributed by atoms with Crippen LogP contribution in [0.3, 0.4) is 0 Å². The number of fused-ring (bicyclic) bond motifs is 1. The van der Waals surface area contributed by atoms with E-state index in [0.717, 1.165) is 11.3 Å². The van der Waals surface area contributed by atoms with Gasteiger partial charge in [0.05, 0.1) is 5.56 Å². The molecule has 1 aliphatic heterocycles. The Morgan fingerprint density at radius 1 is 1.27 bits per heavy atom. The number of benzene rings is 1. The molecule has 2 rings (SSSR count). The van der Waals surface area contributed by atoms with Gasteiger partial charge in [0.2, 0.25) is 5.79 Å². The lowest BCUT2D eigenvalue weighted by atomic mass is 9.95. The third-order valence-electron chi connectivity index (χ3n) is 2.84. The lowest BCUT2D eigenvalue weighted by Gasteiger charge is -2.39. The summed E-state index contributed by atoms with van der Waals surface area (Å²) in [4.78, 5) is 0. The highest BCUT2D eigenvalue weighted by Gasteiger charge is 2.40. The van der Waals surface area contributed by atoms with Crippen LogP contribution in [0.25, 0.3) is 0 Å². The highest BCUT2D eigenvalue weighted by Crippen LogP contribution is 2.41. The maximum Gasteiger partial charge on any atom is 0.201 e. The molecular formula is C12H16O3. The van der Waals surface area contributed by atoms with Gasteiger partial charge >= 0.3 is 0 Å². The third-order valence-corrected chi connectivity index (χ3v) is 2.84. The van der Waals surface area contributed by atoms with Crippen molar-refractivity contribution < 1.29 is 14.2 Å². The number of methoxy groups -OCH3 is 2. The molecule has 15 heavy (non-hydrogen) atoms. The van der Waals surface area contributed by atoms with Gasteiger partial charge < -0.3 is 14.2 Å². The highest BCUT2D eigenvalue weighted by atomic mass is 16.7. The van der Waals surface area contributed by atoms with Crippen LogP contribution in [0.2, 0.25) is 0 Å². The fraction of sp³-hybridized carbons (Fsp3) is 0.500. The quantitative estimate of drug-likeness (QED) is 0.698. The smallest absolute Gasteiger partial charge is 0.201 e. The fourth-order valence-corrected chi connectivity index (χ4v) is 2.10. The highest BCUT2D eigenvalue weighted by molar-refractivity contribution is 5.38. The molecule has 1 aromatic rings. The van der Waals surface area contributed by atoms with Gasteiger partial charge in [-0.15, -0.1) is 0 Å². The van der Waals surface area contributed by atoms with Crippen molar-refractivity contribution in [2.75, 3.05) is 14.2 Å². The van der Waals surface area contributed by atoms with Crippen LogP contribution in [0.1, 0.15) is 18.9 Å². The summed E-state index contributed by atoms with van der Waals surface area (Å²) in [6, 6.07) is 7.84. The number of ether oxygens (including phenoxy) is 3. The number of hydrogen-bond donors (Lipinski definition) is 0. The van der Waals surface area contributed by atoms with E-state index in [2.05, 4.69) is 0 Å². The summed E-state index contributed by atoms with van der Waals surface area (Å²) in [6.07, 6.45) is 0.802. The zero-order chi connectivity index (χ0) is 10.9. The molecule has 1 aliphatic rings. The Balaban J connectivity index is 2.50. The van der Waals surface area contributed by atoms with Gasteiger partial charge in [-0.2, -0.15) is 0 Å². The van der Waals surface area contributed by atoms with E-state index in [-0.39, 0.29) is 6.10 Å². The Labute approximate surface area is 90.0 Å². The Bertz CT molecular complexity index is 344. The van der Waals surface area contributed by atoms with Crippen LogP contribution in [0.5, 0.6) is 5.75 Å². The zero-order valence-corrected chi connectivity index (χ0v) is 9.32. The first kappa shape index (κ1) is 10.5. The Hall–Kier alpha value is -1.06. The molecule has 82 valence electrons. The molecule has 1 aromatic carbocycles. The third kappa shape index (κ3) is 1.62. The van der Waals surface area contributed by atoms with E-state index in [4.69, 9.17) is 14.2 Å². The van der Waals surface area contributed by atoms with E-state index in [1.165, 1.54) is 0 Å². The number of hydrogen-bond acceptors (Lipinski definition) is 3. The molecule has 1 atom stereocenters. The number of rotatable bonds is 2. The maximum absolute atomic E-state index is 5.73. The minimum absolute atomic E-state index is 0.0970. The fourth-order valence-electron chi connectivity index (χ4n) is 2.10. The van der Waals surface area contributed by atoms with E-state index >= 15 is 0 Å². The summed E-state index contributed by atoms with van der Waals surface area (Å²) in [5.74, 6) is 0.189. The SMILES string of the molecule is COC1(OC)CC(C)Oc2ccccc21. The van der Waals surface area contributed by atoms with Crippen molar-refractivity contribution in [2.45, 2.75) is 25.2 Å². The van der Waals surface area contributed by atoms with Crippen LogP contribution in [-0.2, 0) is 15.3 Å². The summed E-state index contributed by atoms with van der Waals surface area (Å²) in [6.45, 7) is 2.02. The van der Waals surface area contributed by atoms with Crippen molar-refractivity contribution in [3.8, 4) is 5.75 Å². The second kappa shape index (κ2) is 3.83. The monoisotopic (exact) mass is 208 g/mol. The minimum Gasteiger partial charge on any atom is -0.490 e. The lowest BCUT2D eigenvalue weighted by molar-refractivity contribution is -0.237. The molecule has 0 saturated heterocycles. The van der Waals surface area contributed by atoms with E-state index in [1.807, 2.05) is 31.2 Å². The Morgan fingerprint density at radius 3 is 2.60 bits per heavy atom. The first-order valence-corrected chi connectivity index (χ1v) is 5.08. The van der Waals surface area contributed by atoms with Gasteiger partial charge in [-0.1, -0.05) is 12.1 Å². The summed E-state index contributed by atoms with van der Waals surface area (Å²) in [5.41, 5.74) is 0.966. The van der Waals surface area contributed by atoms with E-state index in [1.54, 1.807) is 14.2 Å². The standard InChI is InChI=1S/C12H16O3/c1-9-8-12(13-2,14-3)10-6-4-5-7-11(10)15-9/h4-7,9H,8H2,1-3H3. The van der Waals surface area contributed by atoms with Crippen molar-refractivity contribution in [3.05, 3.63) is 29.8 Å². The molecule has 0 aliphatic carbocycles. The molecule has 3 nitrogen and oxygen atoms in total. The maximum atomic E-state index is 5.73. The van der Waals surface area contributed by atoms with Gasteiger partial charge in [0, 0.05) is 20.6 Å². The topological polar surface area (TPSA) is 27.7 Å². The second-order valence-electron chi connectivity index (χ2n) is 3.79. The van der Waals surface area contributed by atoms with Crippen LogP contribution >= 0.6 is 0 Å². The number of para-hydroxylation sites is 1. The van der Waals surface area contributed by atoms with Gasteiger partial charge in [-0.25, -0.2) is 0 Å². The largest absolute Gasteiger partial charge is 0.490 e. The minimum atomic E-state index is -0.658. The summed E-state index contributed by atoms with van der Waals surface area (Å²) in [5, 5.41) is 0. The zero-order valence-electron chi connectivity index (χ0n) is 9.32. The van der Waals surface area contributed by atoms with Gasteiger partial charge in [-0.3, -0.25) is 0 Å². The molecule has 0 spiro atoms. The molecule has 0 N–H and O–H groups in total. The average Bonchev–Trinajstić information content (AvgIpc) is 2.27. The Morgan fingerprint density at radius 2 is 1.93 bits per heavy atom. The molecule has 0 saturated carbocycles. The molecule has 0 fully saturated rings.